The van der Waals surface area contributed by atoms with E-state index in [-0.39, 0.29) is 30.2 Å². The Hall–Kier alpha value is -1.88. The summed E-state index contributed by atoms with van der Waals surface area (Å²) in [5.74, 6) is -0.0840. The Balaban J connectivity index is 1.96. The lowest BCUT2D eigenvalue weighted by Gasteiger charge is -2.27. The van der Waals surface area contributed by atoms with Crippen LogP contribution in [-0.4, -0.2) is 29.1 Å². The zero-order chi connectivity index (χ0) is 16.3. The fraction of sp³-hybridized carbons (Fsp3) is 0.529. The summed E-state index contributed by atoms with van der Waals surface area (Å²) in [4.78, 5) is 23.9. The second kappa shape index (κ2) is 6.48. The van der Waals surface area contributed by atoms with E-state index in [1.54, 1.807) is 31.2 Å². The normalized spacial score (nSPS) is 17.0. The van der Waals surface area contributed by atoms with E-state index < -0.39 is 5.60 Å². The van der Waals surface area contributed by atoms with Crippen molar-refractivity contribution in [3.63, 3.8) is 0 Å². The summed E-state index contributed by atoms with van der Waals surface area (Å²) >= 11 is 0. The Morgan fingerprint density at radius 2 is 2.05 bits per heavy atom. The van der Waals surface area contributed by atoms with Crippen LogP contribution in [0, 0.1) is 11.8 Å². The van der Waals surface area contributed by atoms with Gasteiger partial charge in [0, 0.05) is 23.7 Å². The number of carbonyl (C=O) groups is 2. The number of anilines is 1. The van der Waals surface area contributed by atoms with Gasteiger partial charge in [-0.25, -0.2) is 0 Å². The smallest absolute Gasteiger partial charge is 0.251 e. The van der Waals surface area contributed by atoms with Crippen LogP contribution in [0.25, 0.3) is 0 Å². The van der Waals surface area contributed by atoms with E-state index in [1.165, 1.54) is 0 Å². The second-order valence-corrected chi connectivity index (χ2v) is 6.54. The maximum absolute atomic E-state index is 12.2. The van der Waals surface area contributed by atoms with Crippen molar-refractivity contribution < 1.29 is 14.7 Å². The van der Waals surface area contributed by atoms with Crippen molar-refractivity contribution >= 4 is 17.5 Å². The second-order valence-electron chi connectivity index (χ2n) is 6.54. The molecule has 5 heteroatoms. The lowest BCUT2D eigenvalue weighted by Crippen LogP contribution is -2.44. The van der Waals surface area contributed by atoms with Crippen LogP contribution >= 0.6 is 0 Å². The summed E-state index contributed by atoms with van der Waals surface area (Å²) in [6, 6.07) is 6.84. The molecule has 1 atom stereocenters. The zero-order valence-electron chi connectivity index (χ0n) is 13.3. The molecule has 1 aliphatic carbocycles. The van der Waals surface area contributed by atoms with Crippen LogP contribution in [0.5, 0.6) is 0 Å². The third-order valence-electron chi connectivity index (χ3n) is 4.19. The van der Waals surface area contributed by atoms with Crippen LogP contribution in [0.3, 0.4) is 0 Å². The molecule has 1 aliphatic rings. The van der Waals surface area contributed by atoms with Crippen LogP contribution in [0.2, 0.25) is 0 Å². The Morgan fingerprint density at radius 1 is 1.36 bits per heavy atom. The Labute approximate surface area is 131 Å². The van der Waals surface area contributed by atoms with Crippen molar-refractivity contribution in [3.05, 3.63) is 29.8 Å². The van der Waals surface area contributed by atoms with Gasteiger partial charge in [-0.15, -0.1) is 0 Å². The summed E-state index contributed by atoms with van der Waals surface area (Å²) in [7, 11) is 0. The molecule has 0 radical (unpaired) electrons. The van der Waals surface area contributed by atoms with Crippen LogP contribution in [0.4, 0.5) is 5.69 Å². The van der Waals surface area contributed by atoms with Gasteiger partial charge in [-0.05, 0) is 43.9 Å². The highest BCUT2D eigenvalue weighted by molar-refractivity contribution is 5.98. The lowest BCUT2D eigenvalue weighted by molar-refractivity contribution is -0.117. The quantitative estimate of drug-likeness (QED) is 0.753. The maximum atomic E-state index is 12.2. The topological polar surface area (TPSA) is 78.4 Å². The fourth-order valence-corrected chi connectivity index (χ4v) is 1.89. The van der Waals surface area contributed by atoms with E-state index in [4.69, 9.17) is 0 Å². The van der Waals surface area contributed by atoms with Crippen LogP contribution in [-0.2, 0) is 4.79 Å². The Kier molecular flexibility index (Phi) is 4.86. The van der Waals surface area contributed by atoms with Crippen molar-refractivity contribution in [1.29, 1.82) is 0 Å². The van der Waals surface area contributed by atoms with Gasteiger partial charge in [0.2, 0.25) is 5.91 Å². The van der Waals surface area contributed by atoms with E-state index in [9.17, 15) is 14.7 Å². The molecule has 120 valence electrons. The molecule has 1 aromatic carbocycles. The Morgan fingerprint density at radius 3 is 2.64 bits per heavy atom. The predicted molar refractivity (Wildman–Crippen MR) is 85.6 cm³/mol. The molecule has 1 saturated carbocycles. The first-order valence-corrected chi connectivity index (χ1v) is 7.71. The van der Waals surface area contributed by atoms with E-state index >= 15 is 0 Å². The first-order chi connectivity index (χ1) is 10.3. The van der Waals surface area contributed by atoms with E-state index in [2.05, 4.69) is 10.6 Å². The van der Waals surface area contributed by atoms with Crippen molar-refractivity contribution in [2.75, 3.05) is 11.9 Å². The summed E-state index contributed by atoms with van der Waals surface area (Å²) in [6.07, 6.45) is 1.88. The summed E-state index contributed by atoms with van der Waals surface area (Å²) in [6.45, 7) is 5.69. The van der Waals surface area contributed by atoms with E-state index in [0.717, 1.165) is 12.8 Å². The van der Waals surface area contributed by atoms with Crippen molar-refractivity contribution in [2.24, 2.45) is 11.8 Å². The SMILES string of the molecule is CC(C)C(C)(O)CNC(=O)c1cccc(NC(=O)C2CC2)c1. The van der Waals surface area contributed by atoms with Crippen LogP contribution in [0.15, 0.2) is 24.3 Å². The maximum Gasteiger partial charge on any atom is 0.251 e. The summed E-state index contributed by atoms with van der Waals surface area (Å²) < 4.78 is 0. The fourth-order valence-electron chi connectivity index (χ4n) is 1.89. The standard InChI is InChI=1S/C17H24N2O3/c1-11(2)17(3,22)10-18-15(20)13-5-4-6-14(9-13)19-16(21)12-7-8-12/h4-6,9,11-12,22H,7-8,10H2,1-3H3,(H,18,20)(H,19,21). The molecule has 0 heterocycles. The number of aliphatic hydroxyl groups is 1. The lowest BCUT2D eigenvalue weighted by atomic mass is 9.92. The van der Waals surface area contributed by atoms with Gasteiger partial charge in [-0.3, -0.25) is 9.59 Å². The Bertz CT molecular complexity index is 563. The van der Waals surface area contributed by atoms with Gasteiger partial charge in [-0.2, -0.15) is 0 Å². The molecule has 22 heavy (non-hydrogen) atoms. The average Bonchev–Trinajstić information content (AvgIpc) is 3.29. The summed E-state index contributed by atoms with van der Waals surface area (Å²) in [5, 5.41) is 15.7. The molecule has 0 aliphatic heterocycles. The molecule has 0 spiro atoms. The molecule has 2 rings (SSSR count). The third kappa shape index (κ3) is 4.31. The van der Waals surface area contributed by atoms with E-state index in [0.29, 0.717) is 11.3 Å². The highest BCUT2D eigenvalue weighted by Crippen LogP contribution is 2.30. The predicted octanol–water partition coefficient (Wildman–Crippen LogP) is 2.17. The molecule has 5 nitrogen and oxygen atoms in total. The van der Waals surface area contributed by atoms with Crippen LogP contribution < -0.4 is 10.6 Å². The highest BCUT2D eigenvalue weighted by atomic mass is 16.3. The van der Waals surface area contributed by atoms with Gasteiger partial charge in [0.1, 0.15) is 0 Å². The van der Waals surface area contributed by atoms with E-state index in [1.807, 2.05) is 13.8 Å². The molecule has 0 saturated heterocycles. The number of rotatable bonds is 6. The first-order valence-electron chi connectivity index (χ1n) is 7.71. The first kappa shape index (κ1) is 16.5. The number of benzene rings is 1. The summed E-state index contributed by atoms with van der Waals surface area (Å²) in [5.41, 5.74) is 0.140. The molecule has 2 amide bonds. The average molecular weight is 304 g/mol. The zero-order valence-corrected chi connectivity index (χ0v) is 13.3. The minimum atomic E-state index is -0.951. The monoisotopic (exact) mass is 304 g/mol. The number of hydrogen-bond acceptors (Lipinski definition) is 3. The minimum Gasteiger partial charge on any atom is -0.388 e. The molecule has 1 fully saturated rings. The highest BCUT2D eigenvalue weighted by Gasteiger charge is 2.29. The number of nitrogens with one attached hydrogen (secondary N) is 2. The van der Waals surface area contributed by atoms with Gasteiger partial charge in [0.05, 0.1) is 5.60 Å². The number of amides is 2. The van der Waals surface area contributed by atoms with Crippen molar-refractivity contribution in [2.45, 2.75) is 39.2 Å². The van der Waals surface area contributed by atoms with Crippen molar-refractivity contribution in [1.82, 2.24) is 5.32 Å². The largest absolute Gasteiger partial charge is 0.388 e. The van der Waals surface area contributed by atoms with Gasteiger partial charge < -0.3 is 15.7 Å². The molecule has 0 aromatic heterocycles. The van der Waals surface area contributed by atoms with Gasteiger partial charge in [-0.1, -0.05) is 19.9 Å². The molecular weight excluding hydrogens is 280 g/mol. The number of carbonyl (C=O) groups excluding carboxylic acids is 2. The molecule has 1 unspecified atom stereocenters. The van der Waals surface area contributed by atoms with Gasteiger partial charge in [0.15, 0.2) is 0 Å². The van der Waals surface area contributed by atoms with Crippen LogP contribution in [0.1, 0.15) is 44.0 Å². The molecule has 3 N–H and O–H groups in total. The number of hydrogen-bond donors (Lipinski definition) is 3. The molecular formula is C17H24N2O3. The minimum absolute atomic E-state index is 0.0142. The third-order valence-corrected chi connectivity index (χ3v) is 4.19. The molecule has 0 bridgehead atoms. The van der Waals surface area contributed by atoms with Gasteiger partial charge in [0.25, 0.3) is 5.91 Å². The van der Waals surface area contributed by atoms with Crippen molar-refractivity contribution in [3.8, 4) is 0 Å². The van der Waals surface area contributed by atoms with Gasteiger partial charge >= 0.3 is 0 Å². The molecule has 1 aromatic rings.